The van der Waals surface area contributed by atoms with Gasteiger partial charge in [0.15, 0.2) is 0 Å². The lowest BCUT2D eigenvalue weighted by atomic mass is 9.89. The molecule has 6 nitrogen and oxygen atoms in total. The minimum absolute atomic E-state index is 0.0163. The summed E-state index contributed by atoms with van der Waals surface area (Å²) >= 11 is 0. The highest BCUT2D eigenvalue weighted by Crippen LogP contribution is 2.29. The largest absolute Gasteiger partial charge is 0.356 e. The maximum absolute atomic E-state index is 13.2. The third-order valence-electron chi connectivity index (χ3n) is 6.98. The number of hydrogen-bond acceptors (Lipinski definition) is 4. The predicted molar refractivity (Wildman–Crippen MR) is 135 cm³/mol. The van der Waals surface area contributed by atoms with Crippen molar-refractivity contribution in [1.29, 1.82) is 0 Å². The number of amides is 2. The van der Waals surface area contributed by atoms with E-state index in [-0.39, 0.29) is 11.8 Å². The second kappa shape index (κ2) is 9.67. The van der Waals surface area contributed by atoms with Crippen LogP contribution < -0.4 is 10.2 Å². The van der Waals surface area contributed by atoms with E-state index < -0.39 is 0 Å². The highest BCUT2D eigenvalue weighted by atomic mass is 16.2. The minimum atomic E-state index is -0.223. The smallest absolute Gasteiger partial charge is 0.257 e. The molecule has 2 aromatic carbocycles. The summed E-state index contributed by atoms with van der Waals surface area (Å²) < 4.78 is 0. The van der Waals surface area contributed by atoms with Crippen LogP contribution in [0, 0.1) is 6.92 Å². The van der Waals surface area contributed by atoms with E-state index in [2.05, 4.69) is 39.5 Å². The first-order valence-corrected chi connectivity index (χ1v) is 12.1. The van der Waals surface area contributed by atoms with Crippen molar-refractivity contribution >= 4 is 23.3 Å². The van der Waals surface area contributed by atoms with Crippen molar-refractivity contribution in [1.82, 2.24) is 9.88 Å². The zero-order chi connectivity index (χ0) is 23.5. The number of carbonyl (C=O) groups is 2. The monoisotopic (exact) mass is 454 g/mol. The van der Waals surface area contributed by atoms with Crippen LogP contribution >= 0.6 is 0 Å². The number of piperidine rings is 1. The number of aryl methyl sites for hydroxylation is 1. The van der Waals surface area contributed by atoms with Crippen LogP contribution in [0.4, 0.5) is 11.5 Å². The third kappa shape index (κ3) is 4.67. The maximum atomic E-state index is 13.2. The topological polar surface area (TPSA) is 65.5 Å². The summed E-state index contributed by atoms with van der Waals surface area (Å²) in [5.41, 5.74) is 4.02. The van der Waals surface area contributed by atoms with E-state index in [0.717, 1.165) is 50.4 Å². The van der Waals surface area contributed by atoms with Gasteiger partial charge in [0, 0.05) is 43.6 Å². The van der Waals surface area contributed by atoms with E-state index in [1.807, 2.05) is 36.1 Å². The molecule has 34 heavy (non-hydrogen) atoms. The molecule has 3 heterocycles. The van der Waals surface area contributed by atoms with E-state index in [1.165, 1.54) is 12.0 Å². The Morgan fingerprint density at radius 2 is 1.65 bits per heavy atom. The molecule has 6 heteroatoms. The van der Waals surface area contributed by atoms with Gasteiger partial charge in [-0.2, -0.15) is 0 Å². The maximum Gasteiger partial charge on any atom is 0.257 e. The van der Waals surface area contributed by atoms with Crippen molar-refractivity contribution in [3.05, 3.63) is 89.1 Å². The molecule has 5 rings (SSSR count). The number of anilines is 2. The number of likely N-dealkylation sites (tertiary alicyclic amines) is 1. The Hall–Kier alpha value is -3.67. The third-order valence-corrected chi connectivity index (χ3v) is 6.98. The summed E-state index contributed by atoms with van der Waals surface area (Å²) in [5, 5.41) is 2.97. The molecule has 3 aromatic rings. The van der Waals surface area contributed by atoms with Crippen LogP contribution in [0.3, 0.4) is 0 Å². The van der Waals surface area contributed by atoms with Crippen LogP contribution in [0.25, 0.3) is 0 Å². The van der Waals surface area contributed by atoms with Crippen LogP contribution in [0.2, 0.25) is 0 Å². The number of nitrogens with one attached hydrogen (secondary N) is 1. The fraction of sp³-hybridized carbons (Fsp3) is 0.321. The molecule has 1 N–H and O–H groups in total. The first-order chi connectivity index (χ1) is 16.6. The van der Waals surface area contributed by atoms with Crippen molar-refractivity contribution in [2.45, 2.75) is 32.1 Å². The zero-order valence-corrected chi connectivity index (χ0v) is 19.5. The standard InChI is InChI=1S/C28H30N4O2/c1-20-8-9-23(28(34)32-16-12-22(13-17-32)21-6-3-2-4-7-21)18-25(20)30-27(33)24-10-11-26(29-19-24)31-14-5-15-31/h2-4,6-11,18-19,22H,5,12-17H2,1H3,(H,30,33). The van der Waals surface area contributed by atoms with Gasteiger partial charge < -0.3 is 15.1 Å². The van der Waals surface area contributed by atoms with Gasteiger partial charge in [-0.05, 0) is 67.5 Å². The fourth-order valence-corrected chi connectivity index (χ4v) is 4.66. The Labute approximate surface area is 200 Å². The van der Waals surface area contributed by atoms with Gasteiger partial charge in [-0.25, -0.2) is 4.98 Å². The van der Waals surface area contributed by atoms with E-state index in [4.69, 9.17) is 0 Å². The molecule has 2 aliphatic heterocycles. The van der Waals surface area contributed by atoms with Crippen molar-refractivity contribution < 1.29 is 9.59 Å². The van der Waals surface area contributed by atoms with Gasteiger partial charge in [-0.3, -0.25) is 9.59 Å². The summed E-state index contributed by atoms with van der Waals surface area (Å²) in [4.78, 5) is 34.6. The molecule has 174 valence electrons. The average molecular weight is 455 g/mol. The summed E-state index contributed by atoms with van der Waals surface area (Å²) in [6.07, 6.45) is 4.73. The Balaban J connectivity index is 1.23. The fourth-order valence-electron chi connectivity index (χ4n) is 4.66. The Bertz CT molecular complexity index is 1160. The highest BCUT2D eigenvalue weighted by molar-refractivity contribution is 6.05. The molecule has 1 aromatic heterocycles. The summed E-state index contributed by atoms with van der Waals surface area (Å²) in [7, 11) is 0. The Kier molecular flexibility index (Phi) is 6.30. The first kappa shape index (κ1) is 22.1. The number of aromatic nitrogens is 1. The van der Waals surface area contributed by atoms with Crippen molar-refractivity contribution in [3.8, 4) is 0 Å². The lowest BCUT2D eigenvalue weighted by Crippen LogP contribution is -2.38. The number of carbonyl (C=O) groups excluding carboxylic acids is 2. The van der Waals surface area contributed by atoms with Gasteiger partial charge in [0.1, 0.15) is 5.82 Å². The molecule has 0 bridgehead atoms. The van der Waals surface area contributed by atoms with Crippen LogP contribution in [0.15, 0.2) is 66.9 Å². The SMILES string of the molecule is Cc1ccc(C(=O)N2CCC(c3ccccc3)CC2)cc1NC(=O)c1ccc(N2CCC2)nc1. The second-order valence-electron chi connectivity index (χ2n) is 9.21. The molecule has 0 spiro atoms. The lowest BCUT2D eigenvalue weighted by Gasteiger charge is -2.32. The van der Waals surface area contributed by atoms with E-state index in [1.54, 1.807) is 18.3 Å². The van der Waals surface area contributed by atoms with E-state index in [0.29, 0.717) is 22.7 Å². The Morgan fingerprint density at radius 3 is 2.29 bits per heavy atom. The summed E-state index contributed by atoms with van der Waals surface area (Å²) in [6.45, 7) is 5.44. The summed E-state index contributed by atoms with van der Waals surface area (Å²) in [5.74, 6) is 1.20. The molecule has 2 amide bonds. The van der Waals surface area contributed by atoms with E-state index >= 15 is 0 Å². The number of rotatable bonds is 5. The van der Waals surface area contributed by atoms with Crippen LogP contribution in [0.1, 0.15) is 57.0 Å². The van der Waals surface area contributed by atoms with E-state index in [9.17, 15) is 9.59 Å². The van der Waals surface area contributed by atoms with Crippen LogP contribution in [0.5, 0.6) is 0 Å². The van der Waals surface area contributed by atoms with Gasteiger partial charge in [-0.1, -0.05) is 36.4 Å². The van der Waals surface area contributed by atoms with Gasteiger partial charge in [0.2, 0.25) is 0 Å². The van der Waals surface area contributed by atoms with Crippen molar-refractivity contribution in [3.63, 3.8) is 0 Å². The van der Waals surface area contributed by atoms with Crippen molar-refractivity contribution in [2.24, 2.45) is 0 Å². The normalized spacial score (nSPS) is 16.1. The zero-order valence-electron chi connectivity index (χ0n) is 19.5. The van der Waals surface area contributed by atoms with Crippen LogP contribution in [-0.2, 0) is 0 Å². The second-order valence-corrected chi connectivity index (χ2v) is 9.21. The Morgan fingerprint density at radius 1 is 0.912 bits per heavy atom. The van der Waals surface area contributed by atoms with Gasteiger partial charge >= 0.3 is 0 Å². The van der Waals surface area contributed by atoms with Crippen molar-refractivity contribution in [2.75, 3.05) is 36.4 Å². The molecule has 0 atom stereocenters. The molecule has 0 aliphatic carbocycles. The quantitative estimate of drug-likeness (QED) is 0.597. The highest BCUT2D eigenvalue weighted by Gasteiger charge is 2.25. The lowest BCUT2D eigenvalue weighted by molar-refractivity contribution is 0.0712. The number of benzene rings is 2. The number of hydrogen-bond donors (Lipinski definition) is 1. The summed E-state index contributed by atoms with van der Waals surface area (Å²) in [6, 6.07) is 19.8. The molecule has 2 aliphatic rings. The first-order valence-electron chi connectivity index (χ1n) is 12.1. The average Bonchev–Trinajstić information content (AvgIpc) is 2.85. The molecule has 2 fully saturated rings. The van der Waals surface area contributed by atoms with Crippen LogP contribution in [-0.4, -0.2) is 47.9 Å². The molecular formula is C28H30N4O2. The molecular weight excluding hydrogens is 424 g/mol. The minimum Gasteiger partial charge on any atom is -0.356 e. The number of nitrogens with zero attached hydrogens (tertiary/aromatic N) is 3. The predicted octanol–water partition coefficient (Wildman–Crippen LogP) is 4.87. The number of pyridine rings is 1. The molecule has 0 radical (unpaired) electrons. The molecule has 0 unspecified atom stereocenters. The van der Waals surface area contributed by atoms with Gasteiger partial charge in [0.05, 0.1) is 5.56 Å². The molecule has 2 saturated heterocycles. The van der Waals surface area contributed by atoms with Gasteiger partial charge in [-0.15, -0.1) is 0 Å². The molecule has 0 saturated carbocycles. The van der Waals surface area contributed by atoms with Gasteiger partial charge in [0.25, 0.3) is 11.8 Å².